The van der Waals surface area contributed by atoms with Crippen molar-refractivity contribution in [3.8, 4) is 0 Å². The Balaban J connectivity index is 1.65. The first-order valence-electron chi connectivity index (χ1n) is 8.98. The van der Waals surface area contributed by atoms with Crippen molar-refractivity contribution in [2.24, 2.45) is 0 Å². The minimum absolute atomic E-state index is 0.00320. The second kappa shape index (κ2) is 6.97. The van der Waals surface area contributed by atoms with Gasteiger partial charge in [0.2, 0.25) is 0 Å². The molecule has 8 nitrogen and oxygen atoms in total. The number of rotatable bonds is 5. The topological polar surface area (TPSA) is 111 Å². The first-order chi connectivity index (χ1) is 12.9. The molecule has 1 saturated heterocycles. The van der Waals surface area contributed by atoms with E-state index in [0.29, 0.717) is 13.2 Å². The number of nitrogens with one attached hydrogen (secondary N) is 1. The lowest BCUT2D eigenvalue weighted by Crippen LogP contribution is -2.17. The van der Waals surface area contributed by atoms with Crippen molar-refractivity contribution in [2.45, 2.75) is 43.0 Å². The average molecular weight is 391 g/mol. The number of hydrogen-bond acceptors (Lipinski definition) is 5. The predicted molar refractivity (Wildman–Crippen MR) is 97.6 cm³/mol. The van der Waals surface area contributed by atoms with Crippen molar-refractivity contribution in [1.82, 2.24) is 9.78 Å². The first-order valence-corrected chi connectivity index (χ1v) is 10.5. The number of aromatic nitrogens is 2. The molecule has 1 aromatic carbocycles. The third-order valence-corrected chi connectivity index (χ3v) is 6.44. The van der Waals surface area contributed by atoms with Crippen LogP contribution in [0.1, 0.15) is 46.8 Å². The molecule has 27 heavy (non-hydrogen) atoms. The number of aromatic carboxylic acids is 1. The van der Waals surface area contributed by atoms with Crippen molar-refractivity contribution in [1.29, 1.82) is 0 Å². The number of hydrogen-bond donors (Lipinski definition) is 2. The fourth-order valence-corrected chi connectivity index (χ4v) is 4.65. The summed E-state index contributed by atoms with van der Waals surface area (Å²) in [7, 11) is -3.94. The van der Waals surface area contributed by atoms with Gasteiger partial charge in [0.05, 0.1) is 30.1 Å². The summed E-state index contributed by atoms with van der Waals surface area (Å²) in [6.07, 6.45) is 7.19. The van der Waals surface area contributed by atoms with Crippen molar-refractivity contribution in [2.75, 3.05) is 17.9 Å². The highest BCUT2D eigenvalue weighted by Crippen LogP contribution is 2.29. The van der Waals surface area contributed by atoms with Crippen LogP contribution in [0.4, 0.5) is 5.69 Å². The Hall–Kier alpha value is -2.39. The second-order valence-electron chi connectivity index (χ2n) is 6.96. The number of nitrogens with zero attached hydrogens (tertiary/aromatic N) is 2. The summed E-state index contributed by atoms with van der Waals surface area (Å²) in [5.74, 6) is -1.15. The quantitative estimate of drug-likeness (QED) is 0.809. The molecule has 4 rings (SSSR count). The molecule has 2 aromatic rings. The maximum Gasteiger partial charge on any atom is 0.337 e. The number of fused-ring (bicyclic) bond motifs is 1. The van der Waals surface area contributed by atoms with Gasteiger partial charge in [-0.3, -0.25) is 9.40 Å². The van der Waals surface area contributed by atoms with Crippen molar-refractivity contribution < 1.29 is 23.1 Å². The van der Waals surface area contributed by atoms with E-state index in [0.717, 1.165) is 43.2 Å². The molecule has 0 saturated carbocycles. The van der Waals surface area contributed by atoms with Crippen molar-refractivity contribution in [3.63, 3.8) is 0 Å². The maximum absolute atomic E-state index is 12.8. The third kappa shape index (κ3) is 3.57. The number of aryl methyl sites for hydroxylation is 2. The zero-order chi connectivity index (χ0) is 19.0. The van der Waals surface area contributed by atoms with E-state index < -0.39 is 16.0 Å². The van der Waals surface area contributed by atoms with Crippen LogP contribution in [-0.4, -0.2) is 42.5 Å². The molecule has 144 valence electrons. The number of sulfonamides is 1. The molecule has 9 heteroatoms. The lowest BCUT2D eigenvalue weighted by atomic mass is 9.89. The minimum Gasteiger partial charge on any atom is -0.478 e. The second-order valence-corrected chi connectivity index (χ2v) is 8.64. The van der Waals surface area contributed by atoms with Gasteiger partial charge >= 0.3 is 5.97 Å². The summed E-state index contributed by atoms with van der Waals surface area (Å²) < 4.78 is 34.9. The number of ether oxygens (including phenoxy) is 1. The smallest absolute Gasteiger partial charge is 0.337 e. The normalized spacial score (nSPS) is 19.6. The Morgan fingerprint density at radius 3 is 2.67 bits per heavy atom. The molecule has 0 amide bonds. The summed E-state index contributed by atoms with van der Waals surface area (Å²) in [5.41, 5.74) is 2.05. The number of carboxylic acids is 1. The first kappa shape index (κ1) is 18.0. The molecule has 2 aliphatic rings. The number of benzene rings is 1. The average Bonchev–Trinajstić information content (AvgIpc) is 3.32. The molecule has 1 aromatic heterocycles. The van der Waals surface area contributed by atoms with Gasteiger partial charge in [-0.2, -0.15) is 5.10 Å². The van der Waals surface area contributed by atoms with Gasteiger partial charge in [-0.15, -0.1) is 0 Å². The van der Waals surface area contributed by atoms with E-state index in [2.05, 4.69) is 9.82 Å². The monoisotopic (exact) mass is 391 g/mol. The summed E-state index contributed by atoms with van der Waals surface area (Å²) in [4.78, 5) is 11.6. The molecule has 0 spiro atoms. The third-order valence-electron chi connectivity index (χ3n) is 5.12. The summed E-state index contributed by atoms with van der Waals surface area (Å²) >= 11 is 0. The highest BCUT2D eigenvalue weighted by molar-refractivity contribution is 7.92. The van der Waals surface area contributed by atoms with Crippen LogP contribution in [0.2, 0.25) is 0 Å². The zero-order valence-electron chi connectivity index (χ0n) is 14.7. The van der Waals surface area contributed by atoms with Crippen LogP contribution >= 0.6 is 0 Å². The molecule has 2 heterocycles. The van der Waals surface area contributed by atoms with E-state index >= 15 is 0 Å². The number of carboxylic acid groups (broad SMARTS) is 1. The van der Waals surface area contributed by atoms with E-state index in [9.17, 15) is 18.3 Å². The number of carbonyl (C=O) groups is 1. The Morgan fingerprint density at radius 2 is 2.00 bits per heavy atom. The van der Waals surface area contributed by atoms with E-state index in [-0.39, 0.29) is 22.2 Å². The molecule has 2 N–H and O–H groups in total. The lowest BCUT2D eigenvalue weighted by Gasteiger charge is -2.19. The van der Waals surface area contributed by atoms with Crippen LogP contribution in [0.5, 0.6) is 0 Å². The van der Waals surface area contributed by atoms with Gasteiger partial charge in [-0.25, -0.2) is 13.2 Å². The lowest BCUT2D eigenvalue weighted by molar-refractivity contribution is 0.0698. The summed E-state index contributed by atoms with van der Waals surface area (Å²) in [6, 6.07) is 3.27. The Labute approximate surface area is 157 Å². The van der Waals surface area contributed by atoms with Gasteiger partial charge in [0.15, 0.2) is 0 Å². The van der Waals surface area contributed by atoms with Crippen molar-refractivity contribution >= 4 is 21.7 Å². The largest absolute Gasteiger partial charge is 0.478 e. The standard InChI is InChI=1S/C18H21N3O5S/c22-18(23)16-7-12-3-1-2-4-13(12)8-17(16)20-27(24,25)15-9-19-21(10-15)14-5-6-26-11-14/h7-10,14,20H,1-6,11H2,(H,22,23). The molecule has 1 aliphatic heterocycles. The van der Waals surface area contributed by atoms with Crippen LogP contribution in [0.25, 0.3) is 0 Å². The fraction of sp³-hybridized carbons (Fsp3) is 0.444. The molecular weight excluding hydrogens is 370 g/mol. The molecule has 1 aliphatic carbocycles. The summed E-state index contributed by atoms with van der Waals surface area (Å²) in [5, 5.41) is 13.7. The van der Waals surface area contributed by atoms with E-state index in [1.165, 1.54) is 12.4 Å². The highest BCUT2D eigenvalue weighted by atomic mass is 32.2. The van der Waals surface area contributed by atoms with E-state index in [1.54, 1.807) is 16.8 Å². The van der Waals surface area contributed by atoms with Gasteiger partial charge in [0.1, 0.15) is 4.90 Å². The SMILES string of the molecule is O=C(O)c1cc2c(cc1NS(=O)(=O)c1cnn(C3CCOC3)c1)CCCC2. The van der Waals surface area contributed by atoms with Crippen LogP contribution in [-0.2, 0) is 27.6 Å². The van der Waals surface area contributed by atoms with Crippen LogP contribution in [0, 0.1) is 0 Å². The van der Waals surface area contributed by atoms with Gasteiger partial charge < -0.3 is 9.84 Å². The van der Waals surface area contributed by atoms with E-state index in [1.807, 2.05) is 0 Å². The summed E-state index contributed by atoms with van der Waals surface area (Å²) in [6.45, 7) is 1.13. The van der Waals surface area contributed by atoms with Crippen LogP contribution < -0.4 is 4.72 Å². The van der Waals surface area contributed by atoms with Gasteiger partial charge in [0, 0.05) is 12.8 Å². The highest BCUT2D eigenvalue weighted by Gasteiger charge is 2.25. The maximum atomic E-state index is 12.8. The van der Waals surface area contributed by atoms with Crippen LogP contribution in [0.3, 0.4) is 0 Å². The Morgan fingerprint density at radius 1 is 1.26 bits per heavy atom. The number of anilines is 1. The Kier molecular flexibility index (Phi) is 4.65. The van der Waals surface area contributed by atoms with Gasteiger partial charge in [0.25, 0.3) is 10.0 Å². The molecule has 1 unspecified atom stereocenters. The van der Waals surface area contributed by atoms with Gasteiger partial charge in [-0.05, 0) is 55.4 Å². The van der Waals surface area contributed by atoms with Gasteiger partial charge in [-0.1, -0.05) is 0 Å². The minimum atomic E-state index is -3.94. The molecule has 0 radical (unpaired) electrons. The molecule has 1 fully saturated rings. The van der Waals surface area contributed by atoms with E-state index in [4.69, 9.17) is 4.74 Å². The molecule has 0 bridgehead atoms. The molecule has 1 atom stereocenters. The fourth-order valence-electron chi connectivity index (χ4n) is 3.64. The molecular formula is C18H21N3O5S. The Bertz CT molecular complexity index is 977. The predicted octanol–water partition coefficient (Wildman–Crippen LogP) is 2.22. The van der Waals surface area contributed by atoms with Crippen molar-refractivity contribution in [3.05, 3.63) is 41.2 Å². The zero-order valence-corrected chi connectivity index (χ0v) is 15.5. The van der Waals surface area contributed by atoms with Crippen LogP contribution in [0.15, 0.2) is 29.4 Å².